The number of benzene rings is 2. The third-order valence-corrected chi connectivity index (χ3v) is 7.20. The van der Waals surface area contributed by atoms with Gasteiger partial charge >= 0.3 is 5.97 Å². The second kappa shape index (κ2) is 11.5. The van der Waals surface area contributed by atoms with Gasteiger partial charge in [0.05, 0.1) is 13.2 Å². The molecular formula is C29H37N2O3+. The highest BCUT2D eigenvalue weighted by atomic mass is 16.5. The number of aromatic nitrogens is 2. The number of nitrogens with zero attached hydrogens (tertiary/aromatic N) is 2. The van der Waals surface area contributed by atoms with Crippen molar-refractivity contribution in [1.82, 2.24) is 4.57 Å². The molecule has 5 nitrogen and oxygen atoms in total. The van der Waals surface area contributed by atoms with E-state index in [2.05, 4.69) is 52.7 Å². The third-order valence-electron chi connectivity index (χ3n) is 7.20. The van der Waals surface area contributed by atoms with Gasteiger partial charge in [-0.3, -0.25) is 0 Å². The van der Waals surface area contributed by atoms with Crippen molar-refractivity contribution in [2.45, 2.75) is 70.6 Å². The van der Waals surface area contributed by atoms with Gasteiger partial charge < -0.3 is 9.84 Å². The van der Waals surface area contributed by atoms with Crippen LogP contribution in [0, 0.1) is 12.8 Å². The lowest BCUT2D eigenvalue weighted by molar-refractivity contribution is -0.694. The third kappa shape index (κ3) is 5.58. The Morgan fingerprint density at radius 1 is 1.03 bits per heavy atom. The molecule has 1 aromatic heterocycles. The number of hydrogen-bond donors (Lipinski definition) is 1. The van der Waals surface area contributed by atoms with Crippen LogP contribution < -0.4 is 4.57 Å². The van der Waals surface area contributed by atoms with E-state index in [1.807, 2.05) is 36.4 Å². The molecule has 1 saturated carbocycles. The fourth-order valence-corrected chi connectivity index (χ4v) is 5.14. The molecule has 0 amide bonds. The van der Waals surface area contributed by atoms with Crippen molar-refractivity contribution in [2.24, 2.45) is 5.92 Å². The van der Waals surface area contributed by atoms with Crippen molar-refractivity contribution in [2.75, 3.05) is 6.61 Å². The fraction of sp³-hybridized carbons (Fsp3) is 0.448. The van der Waals surface area contributed by atoms with Gasteiger partial charge in [0.25, 0.3) is 5.82 Å². The smallest absolute Gasteiger partial charge is 0.343 e. The first-order chi connectivity index (χ1) is 16.6. The van der Waals surface area contributed by atoms with Crippen LogP contribution in [0.15, 0.2) is 73.1 Å². The highest BCUT2D eigenvalue weighted by Gasteiger charge is 2.46. The van der Waals surface area contributed by atoms with Gasteiger partial charge in [-0.2, -0.15) is 0 Å². The lowest BCUT2D eigenvalue weighted by atomic mass is 9.77. The van der Waals surface area contributed by atoms with Crippen LogP contribution in [-0.4, -0.2) is 22.2 Å². The second-order valence-electron chi connectivity index (χ2n) is 9.46. The summed E-state index contributed by atoms with van der Waals surface area (Å²) in [6.07, 6.45) is 11.0. The number of aryl methyl sites for hydroxylation is 1. The summed E-state index contributed by atoms with van der Waals surface area (Å²) in [4.78, 5) is 13.3. The highest BCUT2D eigenvalue weighted by molar-refractivity contribution is 5.81. The van der Waals surface area contributed by atoms with Crippen molar-refractivity contribution in [3.8, 4) is 0 Å². The molecular weight excluding hydrogens is 424 g/mol. The van der Waals surface area contributed by atoms with Gasteiger partial charge in [0.2, 0.25) is 0 Å². The zero-order valence-electron chi connectivity index (χ0n) is 20.2. The number of rotatable bonds is 9. The summed E-state index contributed by atoms with van der Waals surface area (Å²) < 4.78 is 10.1. The maximum atomic E-state index is 13.3. The first-order valence-electron chi connectivity index (χ1n) is 12.6. The zero-order valence-corrected chi connectivity index (χ0v) is 20.2. The van der Waals surface area contributed by atoms with Crippen LogP contribution in [0.5, 0.6) is 0 Å². The molecule has 0 spiro atoms. The second-order valence-corrected chi connectivity index (χ2v) is 9.46. The van der Waals surface area contributed by atoms with E-state index in [0.717, 1.165) is 57.4 Å². The summed E-state index contributed by atoms with van der Waals surface area (Å²) in [6.45, 7) is 3.99. The summed E-state index contributed by atoms with van der Waals surface area (Å²) in [5.41, 5.74) is 0.337. The minimum atomic E-state index is -1.58. The summed E-state index contributed by atoms with van der Waals surface area (Å²) in [5, 5.41) is 11.7. The van der Waals surface area contributed by atoms with Gasteiger partial charge in [-0.15, -0.1) is 0 Å². The van der Waals surface area contributed by atoms with Crippen LogP contribution in [0.1, 0.15) is 61.9 Å². The van der Waals surface area contributed by atoms with Gasteiger partial charge in [-0.05, 0) is 24.0 Å². The summed E-state index contributed by atoms with van der Waals surface area (Å²) in [6, 6.07) is 19.8. The van der Waals surface area contributed by atoms with Crippen LogP contribution >= 0.6 is 0 Å². The van der Waals surface area contributed by atoms with Gasteiger partial charge in [0, 0.05) is 19.3 Å². The predicted octanol–water partition coefficient (Wildman–Crippen LogP) is 4.92. The fourth-order valence-electron chi connectivity index (χ4n) is 5.14. The Morgan fingerprint density at radius 3 is 2.35 bits per heavy atom. The molecule has 0 saturated heterocycles. The Labute approximate surface area is 203 Å². The first-order valence-corrected chi connectivity index (χ1v) is 12.6. The molecule has 0 aliphatic heterocycles. The van der Waals surface area contributed by atoms with Gasteiger partial charge in [-0.25, -0.2) is 13.9 Å². The lowest BCUT2D eigenvalue weighted by Crippen LogP contribution is -2.44. The van der Waals surface area contributed by atoms with Crippen LogP contribution in [0.2, 0.25) is 0 Å². The van der Waals surface area contributed by atoms with E-state index in [-0.39, 0.29) is 12.5 Å². The molecule has 0 bridgehead atoms. The Balaban J connectivity index is 1.36. The van der Waals surface area contributed by atoms with Crippen molar-refractivity contribution in [3.63, 3.8) is 0 Å². The number of imidazole rings is 1. The Hall–Kier alpha value is -2.92. The largest absolute Gasteiger partial charge is 0.463 e. The van der Waals surface area contributed by atoms with E-state index in [0.29, 0.717) is 12.0 Å². The maximum absolute atomic E-state index is 13.3. The van der Waals surface area contributed by atoms with Gasteiger partial charge in [0.15, 0.2) is 5.60 Å². The van der Waals surface area contributed by atoms with Crippen LogP contribution in [-0.2, 0) is 28.2 Å². The Morgan fingerprint density at radius 2 is 1.68 bits per heavy atom. The topological polar surface area (TPSA) is 55.3 Å². The zero-order chi connectivity index (χ0) is 23.8. The van der Waals surface area contributed by atoms with Crippen LogP contribution in [0.4, 0.5) is 0 Å². The molecule has 1 N–H and O–H groups in total. The Bertz CT molecular complexity index is 1040. The number of aliphatic hydroxyl groups is 1. The summed E-state index contributed by atoms with van der Waals surface area (Å²) >= 11 is 0. The van der Waals surface area contributed by atoms with Gasteiger partial charge in [0.1, 0.15) is 18.9 Å². The number of carbonyl (C=O) groups is 1. The van der Waals surface area contributed by atoms with Crippen LogP contribution in [0.25, 0.3) is 0 Å². The molecule has 0 radical (unpaired) electrons. The molecule has 1 aliphatic rings. The first kappa shape index (κ1) is 24.2. The van der Waals surface area contributed by atoms with Crippen molar-refractivity contribution >= 4 is 5.97 Å². The SMILES string of the molecule is Cc1n(CCCOC(=O)C(O)(c2ccccc2)C2CCCCCC2)cc[n+]1Cc1ccccc1. The maximum Gasteiger partial charge on any atom is 0.343 e. The lowest BCUT2D eigenvalue weighted by Gasteiger charge is -2.34. The average molecular weight is 462 g/mol. The molecule has 1 heterocycles. The monoisotopic (exact) mass is 461 g/mol. The molecule has 5 heteroatoms. The molecule has 2 aromatic carbocycles. The van der Waals surface area contributed by atoms with Gasteiger partial charge in [-0.1, -0.05) is 86.3 Å². The molecule has 1 aliphatic carbocycles. The average Bonchev–Trinajstić information content (AvgIpc) is 3.06. The van der Waals surface area contributed by atoms with E-state index in [1.54, 1.807) is 0 Å². The number of ether oxygens (including phenoxy) is 1. The number of esters is 1. The normalized spacial score (nSPS) is 16.5. The van der Waals surface area contributed by atoms with E-state index < -0.39 is 11.6 Å². The van der Waals surface area contributed by atoms with E-state index in [4.69, 9.17) is 4.74 Å². The summed E-state index contributed by atoms with van der Waals surface area (Å²) in [5.74, 6) is 0.553. The van der Waals surface area contributed by atoms with Crippen molar-refractivity contribution in [1.29, 1.82) is 0 Å². The highest BCUT2D eigenvalue weighted by Crippen LogP contribution is 2.39. The number of carbonyl (C=O) groups excluding carboxylic acids is 1. The van der Waals surface area contributed by atoms with E-state index in [1.165, 1.54) is 5.56 Å². The van der Waals surface area contributed by atoms with Crippen molar-refractivity contribution < 1.29 is 19.2 Å². The molecule has 180 valence electrons. The predicted molar refractivity (Wildman–Crippen MR) is 132 cm³/mol. The van der Waals surface area contributed by atoms with Crippen LogP contribution in [0.3, 0.4) is 0 Å². The minimum absolute atomic E-state index is 0.103. The standard InChI is InChI=1S/C29H37N2O3/c1-24-30(20-21-31(24)23-25-13-6-4-7-14-25)19-12-22-34-28(32)29(33,27-17-10-5-11-18-27)26-15-8-2-3-9-16-26/h4-7,10-11,13-14,17-18,20-21,26,33H,2-3,8-9,12,15-16,19,22-23H2,1H3/q+1. The quantitative estimate of drug-likeness (QED) is 0.213. The van der Waals surface area contributed by atoms with E-state index in [9.17, 15) is 9.90 Å². The number of hydrogen-bond acceptors (Lipinski definition) is 3. The molecule has 4 rings (SSSR count). The molecule has 1 atom stereocenters. The summed E-state index contributed by atoms with van der Waals surface area (Å²) in [7, 11) is 0. The minimum Gasteiger partial charge on any atom is -0.463 e. The van der Waals surface area contributed by atoms with Crippen molar-refractivity contribution in [3.05, 3.63) is 90.0 Å². The molecule has 3 aromatic rings. The van der Waals surface area contributed by atoms with E-state index >= 15 is 0 Å². The molecule has 1 fully saturated rings. The molecule has 34 heavy (non-hydrogen) atoms. The Kier molecular flexibility index (Phi) is 8.17. The molecule has 1 unspecified atom stereocenters.